The number of carbonyl (C=O) groups is 1. The summed E-state index contributed by atoms with van der Waals surface area (Å²) >= 11 is 0. The Morgan fingerprint density at radius 2 is 1.97 bits per heavy atom. The molecule has 0 aliphatic carbocycles. The molecule has 1 amide bonds. The average molecular weight is 478 g/mol. The predicted molar refractivity (Wildman–Crippen MR) is 120 cm³/mol. The summed E-state index contributed by atoms with van der Waals surface area (Å²) in [5.74, 6) is -0.347. The second-order valence-electron chi connectivity index (χ2n) is 9.25. The molecule has 1 aromatic carbocycles. The van der Waals surface area contributed by atoms with Crippen LogP contribution < -0.4 is 5.32 Å². The van der Waals surface area contributed by atoms with Crippen molar-refractivity contribution in [2.24, 2.45) is 5.92 Å². The topological polar surface area (TPSA) is 81.6 Å². The first-order chi connectivity index (χ1) is 16.2. The highest BCUT2D eigenvalue weighted by atomic mass is 19.4. The summed E-state index contributed by atoms with van der Waals surface area (Å²) < 4.78 is 38.4. The Morgan fingerprint density at radius 1 is 1.24 bits per heavy atom. The quantitative estimate of drug-likeness (QED) is 0.606. The van der Waals surface area contributed by atoms with E-state index in [1.54, 1.807) is 6.07 Å². The van der Waals surface area contributed by atoms with Gasteiger partial charge in [-0.15, -0.1) is 0 Å². The Balaban J connectivity index is 1.21. The summed E-state index contributed by atoms with van der Waals surface area (Å²) in [7, 11) is 0. The number of likely N-dealkylation sites (tertiary alicyclic amines) is 1. The van der Waals surface area contributed by atoms with Gasteiger partial charge in [-0.2, -0.15) is 13.2 Å². The van der Waals surface area contributed by atoms with Crippen molar-refractivity contribution in [3.8, 4) is 0 Å². The lowest BCUT2D eigenvalue weighted by Crippen LogP contribution is -2.56. The zero-order chi connectivity index (χ0) is 24.3. The van der Waals surface area contributed by atoms with Crippen molar-refractivity contribution in [1.82, 2.24) is 25.1 Å². The van der Waals surface area contributed by atoms with Gasteiger partial charge in [-0.1, -0.05) is 24.3 Å². The molecule has 4 rings (SSSR count). The minimum Gasteiger partial charge on any atom is -0.390 e. The molecule has 2 aliphatic heterocycles. The van der Waals surface area contributed by atoms with Crippen LogP contribution in [0.5, 0.6) is 0 Å². The number of aliphatic hydroxyl groups excluding tert-OH is 1. The van der Waals surface area contributed by atoms with Crippen molar-refractivity contribution >= 4 is 5.91 Å². The van der Waals surface area contributed by atoms with Crippen LogP contribution in [0.15, 0.2) is 36.7 Å². The number of hydrogen-bond acceptors (Lipinski definition) is 6. The third-order valence-corrected chi connectivity index (χ3v) is 6.64. The molecule has 1 fully saturated rings. The summed E-state index contributed by atoms with van der Waals surface area (Å²) in [6.45, 7) is 4.05. The third-order valence-electron chi connectivity index (χ3n) is 6.64. The maximum Gasteiger partial charge on any atom is 0.403 e. The number of carbonyl (C=O) groups excluding carboxylic acids is 1. The van der Waals surface area contributed by atoms with Gasteiger partial charge in [0, 0.05) is 45.0 Å². The molecule has 2 atom stereocenters. The molecular formula is C24H30F3N5O2. The van der Waals surface area contributed by atoms with Crippen molar-refractivity contribution in [2.75, 3.05) is 32.7 Å². The molecular weight excluding hydrogens is 447 g/mol. The molecule has 0 radical (unpaired) electrons. The van der Waals surface area contributed by atoms with Crippen LogP contribution in [0.2, 0.25) is 0 Å². The number of amides is 1. The molecule has 2 N–H and O–H groups in total. The molecule has 10 heteroatoms. The number of rotatable bonds is 8. The molecule has 7 nitrogen and oxygen atoms in total. The largest absolute Gasteiger partial charge is 0.403 e. The highest BCUT2D eigenvalue weighted by Gasteiger charge is 2.44. The number of β-amino-alcohol motifs (C(OH)–C–C–N with tert-alkyl or cyclic N) is 1. The number of halogens is 3. The molecule has 1 aromatic heterocycles. The van der Waals surface area contributed by atoms with Gasteiger partial charge < -0.3 is 10.4 Å². The normalized spacial score (nSPS) is 19.2. The lowest BCUT2D eigenvalue weighted by Gasteiger charge is -2.43. The molecule has 3 heterocycles. The lowest BCUT2D eigenvalue weighted by molar-refractivity contribution is -0.193. The zero-order valence-corrected chi connectivity index (χ0v) is 19.1. The van der Waals surface area contributed by atoms with E-state index in [0.29, 0.717) is 31.7 Å². The Hall–Kier alpha value is -2.56. The molecule has 1 saturated heterocycles. The molecule has 2 aliphatic rings. The van der Waals surface area contributed by atoms with Crippen LogP contribution in [-0.4, -0.2) is 81.8 Å². The standard InChI is InChI=1S/C24H30F3N5O2/c1-16(24(25,26)27)32-11-17(12-32)8-20-9-22(30-15-29-20)23(34)28-10-21(33)14-31-7-6-18-4-2-3-5-19(18)13-31/h2-5,9,15-17,21,33H,6-8,10-14H2,1H3,(H,28,34)/t16-,21+/m1/s1. The van der Waals surface area contributed by atoms with Gasteiger partial charge in [0.05, 0.1) is 6.10 Å². The summed E-state index contributed by atoms with van der Waals surface area (Å²) in [5.41, 5.74) is 3.41. The predicted octanol–water partition coefficient (Wildman–Crippen LogP) is 2.05. The van der Waals surface area contributed by atoms with E-state index in [1.165, 1.54) is 29.3 Å². The molecule has 0 spiro atoms. The second kappa shape index (κ2) is 10.4. The van der Waals surface area contributed by atoms with Crippen molar-refractivity contribution in [2.45, 2.75) is 44.6 Å². The fourth-order valence-electron chi connectivity index (χ4n) is 4.56. The SMILES string of the molecule is C[C@@H](N1CC(Cc2cc(C(=O)NC[C@H](O)CN3CCc4ccccc4C3)ncn2)C1)C(F)(F)F. The van der Waals surface area contributed by atoms with E-state index in [4.69, 9.17) is 0 Å². The van der Waals surface area contributed by atoms with Gasteiger partial charge in [0.25, 0.3) is 5.91 Å². The Morgan fingerprint density at radius 3 is 2.71 bits per heavy atom. The maximum atomic E-state index is 12.8. The van der Waals surface area contributed by atoms with Crippen LogP contribution in [0.1, 0.15) is 34.2 Å². The molecule has 0 bridgehead atoms. The first-order valence-corrected chi connectivity index (χ1v) is 11.6. The molecule has 34 heavy (non-hydrogen) atoms. The molecule has 184 valence electrons. The van der Waals surface area contributed by atoms with E-state index in [2.05, 4.69) is 32.3 Å². The second-order valence-corrected chi connectivity index (χ2v) is 9.25. The number of aliphatic hydroxyl groups is 1. The monoisotopic (exact) mass is 477 g/mol. The van der Waals surface area contributed by atoms with E-state index < -0.39 is 24.2 Å². The molecule has 0 unspecified atom stereocenters. The molecule has 2 aromatic rings. The van der Waals surface area contributed by atoms with Crippen LogP contribution in [0.3, 0.4) is 0 Å². The summed E-state index contributed by atoms with van der Waals surface area (Å²) in [6.07, 6.45) is -2.22. The first-order valence-electron chi connectivity index (χ1n) is 11.6. The van der Waals surface area contributed by atoms with Crippen molar-refractivity contribution < 1.29 is 23.1 Å². The smallest absolute Gasteiger partial charge is 0.390 e. The van der Waals surface area contributed by atoms with Crippen molar-refractivity contribution in [3.63, 3.8) is 0 Å². The van der Waals surface area contributed by atoms with Crippen LogP contribution in [0.4, 0.5) is 13.2 Å². The fraction of sp³-hybridized carbons (Fsp3) is 0.542. The summed E-state index contributed by atoms with van der Waals surface area (Å²) in [5, 5.41) is 13.1. The van der Waals surface area contributed by atoms with E-state index in [0.717, 1.165) is 19.5 Å². The van der Waals surface area contributed by atoms with Crippen LogP contribution in [-0.2, 0) is 19.4 Å². The highest BCUT2D eigenvalue weighted by molar-refractivity contribution is 5.92. The van der Waals surface area contributed by atoms with Gasteiger partial charge in [0.2, 0.25) is 0 Å². The minimum absolute atomic E-state index is 0.0621. The van der Waals surface area contributed by atoms with Crippen LogP contribution in [0.25, 0.3) is 0 Å². The lowest BCUT2D eigenvalue weighted by atomic mass is 9.92. The van der Waals surface area contributed by atoms with Gasteiger partial charge in [0.1, 0.15) is 18.1 Å². The number of fused-ring (bicyclic) bond motifs is 1. The number of nitrogens with one attached hydrogen (secondary N) is 1. The number of nitrogens with zero attached hydrogens (tertiary/aromatic N) is 4. The number of aromatic nitrogens is 2. The molecule has 0 saturated carbocycles. The van der Waals surface area contributed by atoms with E-state index in [-0.39, 0.29) is 18.2 Å². The Kier molecular flexibility index (Phi) is 7.49. The van der Waals surface area contributed by atoms with Gasteiger partial charge in [-0.25, -0.2) is 9.97 Å². The Bertz CT molecular complexity index is 997. The Labute approximate surface area is 197 Å². The maximum absolute atomic E-state index is 12.8. The van der Waals surface area contributed by atoms with Gasteiger partial charge in [0.15, 0.2) is 0 Å². The first kappa shape index (κ1) is 24.6. The van der Waals surface area contributed by atoms with Crippen LogP contribution >= 0.6 is 0 Å². The van der Waals surface area contributed by atoms with Crippen molar-refractivity contribution in [1.29, 1.82) is 0 Å². The zero-order valence-electron chi connectivity index (χ0n) is 19.1. The summed E-state index contributed by atoms with van der Waals surface area (Å²) in [6, 6.07) is 8.38. The highest BCUT2D eigenvalue weighted by Crippen LogP contribution is 2.30. The number of alkyl halides is 3. The van der Waals surface area contributed by atoms with Crippen LogP contribution in [0, 0.1) is 5.92 Å². The van der Waals surface area contributed by atoms with Gasteiger partial charge >= 0.3 is 6.18 Å². The number of hydrogen-bond donors (Lipinski definition) is 2. The minimum atomic E-state index is -4.23. The fourth-order valence-corrected chi connectivity index (χ4v) is 4.56. The van der Waals surface area contributed by atoms with Crippen molar-refractivity contribution in [3.05, 3.63) is 59.2 Å². The summed E-state index contributed by atoms with van der Waals surface area (Å²) in [4.78, 5) is 24.3. The van der Waals surface area contributed by atoms with E-state index in [1.807, 2.05) is 12.1 Å². The van der Waals surface area contributed by atoms with Gasteiger partial charge in [-0.3, -0.25) is 14.6 Å². The number of benzene rings is 1. The third kappa shape index (κ3) is 6.11. The van der Waals surface area contributed by atoms with E-state index >= 15 is 0 Å². The van der Waals surface area contributed by atoms with Gasteiger partial charge in [-0.05, 0) is 42.9 Å². The van der Waals surface area contributed by atoms with E-state index in [9.17, 15) is 23.1 Å². The average Bonchev–Trinajstić information content (AvgIpc) is 2.78.